The summed E-state index contributed by atoms with van der Waals surface area (Å²) in [5.74, 6) is 0.0826. The summed E-state index contributed by atoms with van der Waals surface area (Å²) in [4.78, 5) is 21.4. The molecule has 3 N–H and O–H groups in total. The number of fused-ring (bicyclic) bond motifs is 2. The molecule has 0 bridgehead atoms. The van der Waals surface area contributed by atoms with Gasteiger partial charge in [-0.3, -0.25) is 4.79 Å². The maximum atomic E-state index is 13.5. The van der Waals surface area contributed by atoms with Gasteiger partial charge in [-0.05, 0) is 36.2 Å². The molecule has 0 aliphatic heterocycles. The van der Waals surface area contributed by atoms with Gasteiger partial charge in [-0.1, -0.05) is 50.3 Å². The number of hydrogen-bond donors (Lipinski definition) is 3. The van der Waals surface area contributed by atoms with Crippen LogP contribution in [0, 0.1) is 16.7 Å². The Labute approximate surface area is 206 Å². The molecule has 2 aliphatic carbocycles. The summed E-state index contributed by atoms with van der Waals surface area (Å²) in [6.07, 6.45) is 3.81. The average Bonchev–Trinajstić information content (AvgIpc) is 3.24. The number of hydrogen-bond acceptors (Lipinski definition) is 6. The number of thiazole rings is 1. The number of amides is 1. The van der Waals surface area contributed by atoms with E-state index in [0.717, 1.165) is 34.1 Å². The summed E-state index contributed by atoms with van der Waals surface area (Å²) in [5, 5.41) is 25.4. The second kappa shape index (κ2) is 9.80. The zero-order valence-corrected chi connectivity index (χ0v) is 21.3. The maximum absolute atomic E-state index is 13.5. The van der Waals surface area contributed by atoms with Crippen molar-refractivity contribution in [3.8, 4) is 0 Å². The Hall–Kier alpha value is -2.22. The van der Waals surface area contributed by atoms with Gasteiger partial charge >= 0.3 is 0 Å². The number of aliphatic hydroxyl groups excluding tert-OH is 2. The van der Waals surface area contributed by atoms with Gasteiger partial charge in [-0.25, -0.2) is 4.98 Å². The van der Waals surface area contributed by atoms with E-state index in [9.17, 15) is 15.0 Å². The number of nitrogens with one attached hydrogen (secondary N) is 1. The van der Waals surface area contributed by atoms with Crippen LogP contribution in [0.25, 0.3) is 0 Å². The minimum absolute atomic E-state index is 0.0613. The Bertz CT molecular complexity index is 1030. The fourth-order valence-electron chi connectivity index (χ4n) is 6.16. The molecule has 34 heavy (non-hydrogen) atoms. The number of carbonyl (C=O) groups is 1. The van der Waals surface area contributed by atoms with Gasteiger partial charge in [-0.2, -0.15) is 0 Å². The van der Waals surface area contributed by atoms with E-state index in [1.807, 2.05) is 44.3 Å². The van der Waals surface area contributed by atoms with E-state index >= 15 is 0 Å². The first kappa shape index (κ1) is 24.9. The molecule has 1 aromatic carbocycles. The van der Waals surface area contributed by atoms with Crippen LogP contribution in [0.15, 0.2) is 43.0 Å². The summed E-state index contributed by atoms with van der Waals surface area (Å²) in [6, 6.07) is 10.0. The van der Waals surface area contributed by atoms with Gasteiger partial charge in [0.25, 0.3) is 0 Å². The van der Waals surface area contributed by atoms with Gasteiger partial charge in [0, 0.05) is 42.8 Å². The molecule has 1 aromatic heterocycles. The topological polar surface area (TPSA) is 85.7 Å². The van der Waals surface area contributed by atoms with E-state index in [4.69, 9.17) is 4.98 Å². The molecule has 1 saturated carbocycles. The Morgan fingerprint density at radius 3 is 2.76 bits per heavy atom. The lowest BCUT2D eigenvalue weighted by molar-refractivity contribution is -0.147. The first-order valence-corrected chi connectivity index (χ1v) is 13.0. The molecular weight excluding hydrogens is 446 g/mol. The predicted molar refractivity (Wildman–Crippen MR) is 137 cm³/mol. The molecule has 2 aliphatic rings. The Morgan fingerprint density at radius 2 is 2.09 bits per heavy atom. The molecular formula is C27H37N3O3S. The molecule has 0 saturated heterocycles. The van der Waals surface area contributed by atoms with E-state index in [2.05, 4.69) is 18.8 Å². The van der Waals surface area contributed by atoms with Crippen LogP contribution in [-0.2, 0) is 17.8 Å². The number of aliphatic hydroxyl groups is 2. The lowest BCUT2D eigenvalue weighted by Crippen LogP contribution is -2.57. The first-order valence-electron chi connectivity index (χ1n) is 12.1. The molecule has 184 valence electrons. The average molecular weight is 484 g/mol. The second-order valence-corrected chi connectivity index (χ2v) is 11.6. The fraction of sp³-hybridized carbons (Fsp3) is 0.556. The van der Waals surface area contributed by atoms with Gasteiger partial charge in [-0.15, -0.1) is 17.9 Å². The number of carbonyl (C=O) groups excluding carboxylic acids is 1. The molecule has 6 nitrogen and oxygen atoms in total. The number of nitrogens with zero attached hydrogens (tertiary/aromatic N) is 2. The highest BCUT2D eigenvalue weighted by Crippen LogP contribution is 2.62. The van der Waals surface area contributed by atoms with Crippen LogP contribution in [0.3, 0.4) is 0 Å². The van der Waals surface area contributed by atoms with Crippen molar-refractivity contribution in [2.24, 2.45) is 16.7 Å². The Morgan fingerprint density at radius 1 is 1.35 bits per heavy atom. The van der Waals surface area contributed by atoms with Crippen molar-refractivity contribution in [3.63, 3.8) is 0 Å². The molecule has 5 unspecified atom stereocenters. The quantitative estimate of drug-likeness (QED) is 0.490. The smallest absolute Gasteiger partial charge is 0.223 e. The number of anilines is 1. The Balaban J connectivity index is 1.67. The highest BCUT2D eigenvalue weighted by atomic mass is 32.1. The lowest BCUT2D eigenvalue weighted by atomic mass is 9.47. The Kier molecular flexibility index (Phi) is 7.17. The minimum Gasteiger partial charge on any atom is -0.396 e. The largest absolute Gasteiger partial charge is 0.396 e. The van der Waals surface area contributed by atoms with Crippen molar-refractivity contribution in [1.82, 2.24) is 9.88 Å². The molecule has 0 radical (unpaired) electrons. The minimum atomic E-state index is -0.610. The van der Waals surface area contributed by atoms with E-state index in [-0.39, 0.29) is 29.8 Å². The second-order valence-electron chi connectivity index (χ2n) is 10.5. The van der Waals surface area contributed by atoms with Gasteiger partial charge in [0.05, 0.1) is 18.4 Å². The normalized spacial score (nSPS) is 30.2. The van der Waals surface area contributed by atoms with Gasteiger partial charge in [0.2, 0.25) is 5.91 Å². The third-order valence-corrected chi connectivity index (χ3v) is 9.41. The van der Waals surface area contributed by atoms with Crippen molar-refractivity contribution in [2.75, 3.05) is 25.5 Å². The number of aromatic nitrogens is 1. The van der Waals surface area contributed by atoms with Crippen molar-refractivity contribution >= 4 is 22.4 Å². The summed E-state index contributed by atoms with van der Waals surface area (Å²) in [5.41, 5.74) is 1.26. The van der Waals surface area contributed by atoms with E-state index in [1.54, 1.807) is 22.3 Å². The molecule has 2 aromatic rings. The highest BCUT2D eigenvalue weighted by molar-refractivity contribution is 7.15. The standard InChI is InChI=1S/C27H37N3O3S/c1-5-13-28-25-29-24-19(14-23(33)30(4)16-18-9-7-6-8-10-18)26(2)12-11-22(32)27(3,17-31)21(26)15-20(24)34-25/h5-10,19,21-22,31-32H,1,11-17H2,2-4H3,(H,28,29). The van der Waals surface area contributed by atoms with Crippen molar-refractivity contribution in [2.45, 2.75) is 58.1 Å². The van der Waals surface area contributed by atoms with E-state index in [1.165, 1.54) is 0 Å². The summed E-state index contributed by atoms with van der Waals surface area (Å²) in [7, 11) is 1.86. The predicted octanol–water partition coefficient (Wildman–Crippen LogP) is 4.21. The van der Waals surface area contributed by atoms with Gasteiger partial charge in [0.1, 0.15) is 0 Å². The summed E-state index contributed by atoms with van der Waals surface area (Å²) in [6.45, 7) is 9.15. The third-order valence-electron chi connectivity index (χ3n) is 8.36. The molecule has 1 heterocycles. The zero-order valence-electron chi connectivity index (χ0n) is 20.5. The SMILES string of the molecule is C=CCNc1nc2c(s1)CC1C(C)(CO)C(O)CCC1(C)C2CC(=O)N(C)Cc1ccccc1. The van der Waals surface area contributed by atoms with Crippen LogP contribution in [0.4, 0.5) is 5.13 Å². The van der Waals surface area contributed by atoms with E-state index in [0.29, 0.717) is 25.9 Å². The number of benzene rings is 1. The van der Waals surface area contributed by atoms with Crippen LogP contribution in [-0.4, -0.2) is 52.3 Å². The summed E-state index contributed by atoms with van der Waals surface area (Å²) < 4.78 is 0. The van der Waals surface area contributed by atoms with Crippen LogP contribution in [0.2, 0.25) is 0 Å². The van der Waals surface area contributed by atoms with Crippen LogP contribution >= 0.6 is 11.3 Å². The molecule has 1 amide bonds. The van der Waals surface area contributed by atoms with Gasteiger partial charge < -0.3 is 20.4 Å². The highest BCUT2D eigenvalue weighted by Gasteiger charge is 2.59. The van der Waals surface area contributed by atoms with Crippen LogP contribution in [0.1, 0.15) is 55.2 Å². The van der Waals surface area contributed by atoms with Gasteiger partial charge in [0.15, 0.2) is 5.13 Å². The third kappa shape index (κ3) is 4.41. The molecule has 1 fully saturated rings. The summed E-state index contributed by atoms with van der Waals surface area (Å²) >= 11 is 1.63. The first-order chi connectivity index (χ1) is 16.2. The monoisotopic (exact) mass is 483 g/mol. The van der Waals surface area contributed by atoms with Crippen LogP contribution < -0.4 is 5.32 Å². The van der Waals surface area contributed by atoms with Crippen molar-refractivity contribution in [3.05, 3.63) is 59.1 Å². The molecule has 0 spiro atoms. The molecule has 5 atom stereocenters. The van der Waals surface area contributed by atoms with Crippen molar-refractivity contribution < 1.29 is 15.0 Å². The van der Waals surface area contributed by atoms with E-state index < -0.39 is 11.5 Å². The lowest BCUT2D eigenvalue weighted by Gasteiger charge is -2.58. The molecule has 4 rings (SSSR count). The fourth-order valence-corrected chi connectivity index (χ4v) is 7.23. The van der Waals surface area contributed by atoms with Crippen LogP contribution in [0.5, 0.6) is 0 Å². The van der Waals surface area contributed by atoms with Crippen molar-refractivity contribution in [1.29, 1.82) is 0 Å². The zero-order chi connectivity index (χ0) is 24.5. The molecule has 7 heteroatoms. The number of rotatable bonds is 8. The maximum Gasteiger partial charge on any atom is 0.223 e.